The van der Waals surface area contributed by atoms with Crippen molar-refractivity contribution in [1.82, 2.24) is 0 Å². The lowest BCUT2D eigenvalue weighted by Crippen LogP contribution is -2.56. The Morgan fingerprint density at radius 3 is 1.22 bits per heavy atom. The lowest BCUT2D eigenvalue weighted by molar-refractivity contribution is -0.0300. The standard InChI is InChI=1S/C50H42N2O6/c1-3-57-41-19-17-33(51-45(53)35-13-5-9-31-10-6-14-36(43(31)35)46(51)54)22-39(41)49-24-29-21-30(25-49)27-50(26-29,28-49)40-23-34(18-20-42(40)58-4-2)52-47(55)37-15-7-11-32-12-8-16-38(44(32)37)48(52)56/h5-20,22-23,29-30H,3-4,21,24-28H2,1-2H3. The number of carbonyl (C=O) groups is 4. The molecule has 0 spiro atoms. The van der Waals surface area contributed by atoms with E-state index in [4.69, 9.17) is 9.47 Å². The minimum absolute atomic E-state index is 0.310. The van der Waals surface area contributed by atoms with Gasteiger partial charge in [-0.25, -0.2) is 9.80 Å². The topological polar surface area (TPSA) is 93.2 Å². The van der Waals surface area contributed by atoms with Gasteiger partial charge in [-0.1, -0.05) is 48.5 Å². The zero-order valence-corrected chi connectivity index (χ0v) is 32.5. The third-order valence-corrected chi connectivity index (χ3v) is 13.8. The molecule has 8 heteroatoms. The Morgan fingerprint density at radius 2 is 0.879 bits per heavy atom. The molecule has 6 aliphatic rings. The first kappa shape index (κ1) is 34.9. The van der Waals surface area contributed by atoms with Crippen molar-refractivity contribution in [2.24, 2.45) is 11.8 Å². The number of ether oxygens (including phenoxy) is 2. The van der Waals surface area contributed by atoms with Crippen molar-refractivity contribution in [2.45, 2.75) is 63.2 Å². The Bertz CT molecular complexity index is 2500. The highest BCUT2D eigenvalue weighted by molar-refractivity contribution is 6.36. The number of rotatable bonds is 8. The first-order valence-corrected chi connectivity index (χ1v) is 20.6. The van der Waals surface area contributed by atoms with Crippen LogP contribution in [0.2, 0.25) is 0 Å². The van der Waals surface area contributed by atoms with E-state index in [0.29, 0.717) is 69.5 Å². The summed E-state index contributed by atoms with van der Waals surface area (Å²) in [5.41, 5.74) is 4.60. The average Bonchev–Trinajstić information content (AvgIpc) is 3.22. The Morgan fingerprint density at radius 1 is 0.517 bits per heavy atom. The van der Waals surface area contributed by atoms with Crippen molar-refractivity contribution in [3.8, 4) is 11.5 Å². The van der Waals surface area contributed by atoms with E-state index in [0.717, 1.165) is 71.9 Å². The molecule has 4 amide bonds. The van der Waals surface area contributed by atoms with Crippen molar-refractivity contribution in [2.75, 3.05) is 23.0 Å². The first-order valence-electron chi connectivity index (χ1n) is 20.6. The molecule has 8 nitrogen and oxygen atoms in total. The Kier molecular flexibility index (Phi) is 7.59. The van der Waals surface area contributed by atoms with E-state index in [2.05, 4.69) is 12.1 Å². The van der Waals surface area contributed by atoms with Gasteiger partial charge in [0.25, 0.3) is 23.6 Å². The maximum Gasteiger partial charge on any atom is 0.265 e. The monoisotopic (exact) mass is 766 g/mol. The van der Waals surface area contributed by atoms with Gasteiger partial charge < -0.3 is 9.47 Å². The molecule has 0 saturated heterocycles. The molecule has 4 bridgehead atoms. The van der Waals surface area contributed by atoms with E-state index in [1.54, 1.807) is 24.3 Å². The van der Waals surface area contributed by atoms with Crippen LogP contribution in [0.5, 0.6) is 11.5 Å². The first-order chi connectivity index (χ1) is 28.2. The van der Waals surface area contributed by atoms with Crippen LogP contribution in [-0.2, 0) is 10.8 Å². The van der Waals surface area contributed by atoms with Gasteiger partial charge in [0.2, 0.25) is 0 Å². The molecule has 58 heavy (non-hydrogen) atoms. The second kappa shape index (κ2) is 12.6. The molecule has 12 rings (SSSR count). The van der Waals surface area contributed by atoms with E-state index in [9.17, 15) is 19.2 Å². The summed E-state index contributed by atoms with van der Waals surface area (Å²) in [6.45, 7) is 4.91. The van der Waals surface area contributed by atoms with Gasteiger partial charge in [-0.3, -0.25) is 19.2 Å². The lowest BCUT2D eigenvalue weighted by atomic mass is 9.41. The molecular formula is C50H42N2O6. The molecule has 288 valence electrons. The molecule has 4 fully saturated rings. The van der Waals surface area contributed by atoms with Crippen LogP contribution in [0.25, 0.3) is 21.5 Å². The summed E-state index contributed by atoms with van der Waals surface area (Å²) < 4.78 is 12.8. The summed E-state index contributed by atoms with van der Waals surface area (Å²) in [6.07, 6.45) is 5.79. The van der Waals surface area contributed by atoms with Crippen molar-refractivity contribution in [1.29, 1.82) is 0 Å². The van der Waals surface area contributed by atoms with Crippen LogP contribution in [0.1, 0.15) is 105 Å². The number of nitrogens with zero attached hydrogens (tertiary/aromatic N) is 2. The molecule has 0 aromatic heterocycles. The Balaban J connectivity index is 1.03. The van der Waals surface area contributed by atoms with Gasteiger partial charge in [-0.15, -0.1) is 0 Å². The summed E-state index contributed by atoms with van der Waals surface area (Å²) in [5, 5.41) is 3.14. The largest absolute Gasteiger partial charge is 0.494 e. The fourth-order valence-corrected chi connectivity index (χ4v) is 12.1. The number of anilines is 2. The smallest absolute Gasteiger partial charge is 0.265 e. The van der Waals surface area contributed by atoms with Gasteiger partial charge in [0.05, 0.1) is 24.6 Å². The van der Waals surface area contributed by atoms with Crippen LogP contribution in [-0.4, -0.2) is 36.8 Å². The number of hydrogen-bond acceptors (Lipinski definition) is 6. The Labute approximate surface area is 336 Å². The summed E-state index contributed by atoms with van der Waals surface area (Å²) in [7, 11) is 0. The third kappa shape index (κ3) is 4.87. The second-order valence-electron chi connectivity index (χ2n) is 17.1. The average molecular weight is 767 g/mol. The summed E-state index contributed by atoms with van der Waals surface area (Å²) in [6, 6.07) is 34.1. The third-order valence-electron chi connectivity index (χ3n) is 13.8. The fraction of sp³-hybridized carbons (Fsp3) is 0.280. The van der Waals surface area contributed by atoms with Crippen molar-refractivity contribution in [3.63, 3.8) is 0 Å². The zero-order chi connectivity index (χ0) is 39.5. The number of imide groups is 2. The predicted octanol–water partition coefficient (Wildman–Crippen LogP) is 10.2. The van der Waals surface area contributed by atoms with E-state index >= 15 is 0 Å². The molecular weight excluding hydrogens is 725 g/mol. The van der Waals surface area contributed by atoms with E-state index in [1.165, 1.54) is 9.80 Å². The second-order valence-corrected chi connectivity index (χ2v) is 17.1. The van der Waals surface area contributed by atoms with E-state index in [1.807, 2.05) is 86.6 Å². The van der Waals surface area contributed by atoms with Gasteiger partial charge in [0.15, 0.2) is 0 Å². The van der Waals surface area contributed by atoms with E-state index in [-0.39, 0.29) is 34.5 Å². The molecule has 4 aliphatic carbocycles. The van der Waals surface area contributed by atoms with Gasteiger partial charge >= 0.3 is 0 Å². The summed E-state index contributed by atoms with van der Waals surface area (Å²) in [4.78, 5) is 59.7. The van der Waals surface area contributed by atoms with Crippen LogP contribution >= 0.6 is 0 Å². The van der Waals surface area contributed by atoms with Crippen molar-refractivity contribution in [3.05, 3.63) is 143 Å². The normalized spacial score (nSPS) is 24.3. The maximum atomic E-state index is 14.3. The minimum atomic E-state index is -0.328. The molecule has 0 N–H and O–H groups in total. The van der Waals surface area contributed by atoms with Gasteiger partial charge in [0, 0.05) is 55.0 Å². The zero-order valence-electron chi connectivity index (χ0n) is 32.5. The number of benzene rings is 6. The quantitative estimate of drug-likeness (QED) is 0.143. The summed E-state index contributed by atoms with van der Waals surface area (Å²) in [5.74, 6) is 1.08. The molecule has 6 aromatic carbocycles. The van der Waals surface area contributed by atoms with Crippen LogP contribution in [0.3, 0.4) is 0 Å². The highest BCUT2D eigenvalue weighted by Crippen LogP contribution is 2.68. The van der Waals surface area contributed by atoms with Gasteiger partial charge in [0.1, 0.15) is 11.5 Å². The van der Waals surface area contributed by atoms with Gasteiger partial charge in [-0.2, -0.15) is 0 Å². The molecule has 0 unspecified atom stereocenters. The van der Waals surface area contributed by atoms with Crippen molar-refractivity contribution < 1.29 is 28.7 Å². The minimum Gasteiger partial charge on any atom is -0.494 e. The number of carbonyl (C=O) groups excluding carboxylic acids is 4. The highest BCUT2D eigenvalue weighted by atomic mass is 16.5. The Hall–Kier alpha value is -6.28. The maximum absolute atomic E-state index is 14.3. The predicted molar refractivity (Wildman–Crippen MR) is 223 cm³/mol. The number of amides is 4. The molecule has 0 radical (unpaired) electrons. The van der Waals surface area contributed by atoms with Crippen LogP contribution in [0.15, 0.2) is 109 Å². The van der Waals surface area contributed by atoms with Gasteiger partial charge in [-0.05, 0) is 136 Å². The van der Waals surface area contributed by atoms with E-state index < -0.39 is 0 Å². The highest BCUT2D eigenvalue weighted by Gasteiger charge is 2.60. The molecule has 2 heterocycles. The number of hydrogen-bond donors (Lipinski definition) is 0. The lowest BCUT2D eigenvalue weighted by Gasteiger charge is -2.63. The van der Waals surface area contributed by atoms with Crippen LogP contribution in [0, 0.1) is 11.8 Å². The molecule has 6 aromatic rings. The molecule has 2 aliphatic heterocycles. The SMILES string of the molecule is CCOc1ccc(N2C(=O)c3cccc4cccc(c34)C2=O)cc1C12CC3CC(C1)CC(c1cc(N4C(=O)c5cccc6cccc(c56)C4=O)ccc1OCC)(C3)C2. The molecule has 0 atom stereocenters. The van der Waals surface area contributed by atoms with Crippen LogP contribution in [0.4, 0.5) is 11.4 Å². The fourth-order valence-electron chi connectivity index (χ4n) is 12.1. The van der Waals surface area contributed by atoms with Crippen molar-refractivity contribution >= 4 is 56.5 Å². The molecule has 4 saturated carbocycles. The van der Waals surface area contributed by atoms with Crippen LogP contribution < -0.4 is 19.3 Å². The summed E-state index contributed by atoms with van der Waals surface area (Å²) >= 11 is 0.